The Kier molecular flexibility index (Phi) is 11.8. The highest BCUT2D eigenvalue weighted by molar-refractivity contribution is 5.92. The minimum atomic E-state index is -0.813. The van der Waals surface area contributed by atoms with Crippen molar-refractivity contribution >= 4 is 23.7 Å². The summed E-state index contributed by atoms with van der Waals surface area (Å²) in [6, 6.07) is -0.813. The van der Waals surface area contributed by atoms with Crippen molar-refractivity contribution in [1.82, 2.24) is 5.32 Å². The molecule has 0 heterocycles. The molecule has 0 saturated carbocycles. The zero-order valence-corrected chi connectivity index (χ0v) is 13.3. The molecule has 0 rings (SSSR count). The minimum Gasteiger partial charge on any atom is -0.386 e. The molecule has 126 valence electrons. The Morgan fingerprint density at radius 1 is 1.18 bits per heavy atom. The van der Waals surface area contributed by atoms with E-state index in [-0.39, 0.29) is 24.6 Å². The molecule has 0 aromatic carbocycles. The van der Waals surface area contributed by atoms with E-state index >= 15 is 0 Å². The number of nitrogens with zero attached hydrogens (tertiary/aromatic N) is 1. The van der Waals surface area contributed by atoms with E-state index in [2.05, 4.69) is 10.5 Å². The van der Waals surface area contributed by atoms with Gasteiger partial charge in [-0.2, -0.15) is 0 Å². The molecule has 1 amide bonds. The van der Waals surface area contributed by atoms with E-state index in [9.17, 15) is 14.4 Å². The van der Waals surface area contributed by atoms with E-state index in [1.807, 2.05) is 0 Å². The minimum absolute atomic E-state index is 0.0246. The lowest BCUT2D eigenvalue weighted by Crippen LogP contribution is -2.42. The maximum absolute atomic E-state index is 11.5. The maximum atomic E-state index is 11.5. The predicted molar refractivity (Wildman–Crippen MR) is 79.7 cm³/mol. The van der Waals surface area contributed by atoms with Crippen molar-refractivity contribution in [3.05, 3.63) is 0 Å². The number of rotatable bonds is 13. The first-order chi connectivity index (χ1) is 10.5. The summed E-state index contributed by atoms with van der Waals surface area (Å²) >= 11 is 0. The van der Waals surface area contributed by atoms with Crippen molar-refractivity contribution in [3.8, 4) is 0 Å². The Bertz CT molecular complexity index is 384. The number of Topliss-reactive ketones (excluding diaryl/α,β-unsaturated/α-hetero) is 2. The van der Waals surface area contributed by atoms with Gasteiger partial charge in [0.2, 0.25) is 0 Å². The van der Waals surface area contributed by atoms with Crippen molar-refractivity contribution in [3.63, 3.8) is 0 Å². The van der Waals surface area contributed by atoms with Crippen LogP contribution < -0.4 is 5.32 Å². The van der Waals surface area contributed by atoms with Gasteiger partial charge in [0.15, 0.2) is 12.4 Å². The summed E-state index contributed by atoms with van der Waals surface area (Å²) in [5.74, 6) is -0.955. The first kappa shape index (κ1) is 20.2. The molecule has 0 aromatic heterocycles. The van der Waals surface area contributed by atoms with Crippen molar-refractivity contribution in [1.29, 1.82) is 0 Å². The van der Waals surface area contributed by atoms with Crippen molar-refractivity contribution in [2.75, 3.05) is 33.5 Å². The number of methoxy groups -OCH3 is 1. The first-order valence-electron chi connectivity index (χ1n) is 6.97. The molecule has 0 aliphatic carbocycles. The first-order valence-corrected chi connectivity index (χ1v) is 6.97. The number of nitrogens with one attached hydrogen (secondary N) is 1. The summed E-state index contributed by atoms with van der Waals surface area (Å²) in [5, 5.41) is 6.02. The molecule has 8 heteroatoms. The number of ether oxygens (including phenoxy) is 2. The molecule has 0 unspecified atom stereocenters. The van der Waals surface area contributed by atoms with Crippen LogP contribution in [0.2, 0.25) is 0 Å². The van der Waals surface area contributed by atoms with Crippen molar-refractivity contribution < 1.29 is 28.7 Å². The second kappa shape index (κ2) is 12.9. The highest BCUT2D eigenvalue weighted by Gasteiger charge is 2.18. The molecule has 0 spiro atoms. The van der Waals surface area contributed by atoms with Crippen LogP contribution in [0.1, 0.15) is 26.7 Å². The quantitative estimate of drug-likeness (QED) is 0.293. The van der Waals surface area contributed by atoms with Crippen LogP contribution in [-0.2, 0) is 28.7 Å². The zero-order valence-electron chi connectivity index (χ0n) is 13.3. The van der Waals surface area contributed by atoms with E-state index in [0.29, 0.717) is 26.2 Å². The molecule has 8 nitrogen and oxygen atoms in total. The Hall–Kier alpha value is -1.80. The van der Waals surface area contributed by atoms with Gasteiger partial charge >= 0.3 is 0 Å². The third-order valence-corrected chi connectivity index (χ3v) is 2.49. The molecule has 0 fully saturated rings. The summed E-state index contributed by atoms with van der Waals surface area (Å²) < 4.78 is 10.0. The summed E-state index contributed by atoms with van der Waals surface area (Å²) in [7, 11) is 1.59. The van der Waals surface area contributed by atoms with Crippen LogP contribution in [0, 0.1) is 0 Å². The van der Waals surface area contributed by atoms with Crippen molar-refractivity contribution in [2.24, 2.45) is 5.16 Å². The van der Waals surface area contributed by atoms with Crippen LogP contribution in [0.5, 0.6) is 0 Å². The zero-order chi connectivity index (χ0) is 16.8. The van der Waals surface area contributed by atoms with E-state index in [4.69, 9.17) is 14.3 Å². The van der Waals surface area contributed by atoms with Crippen LogP contribution in [0.3, 0.4) is 0 Å². The average molecular weight is 316 g/mol. The summed E-state index contributed by atoms with van der Waals surface area (Å²) in [4.78, 5) is 38.6. The van der Waals surface area contributed by atoms with E-state index in [1.165, 1.54) is 20.1 Å². The molecule has 1 atom stereocenters. The smallest absolute Gasteiger partial charge is 0.261 e. The predicted octanol–water partition coefficient (Wildman–Crippen LogP) is 0.0948. The Labute approximate surface area is 130 Å². The summed E-state index contributed by atoms with van der Waals surface area (Å²) in [5.41, 5.74) is 0. The molecule has 0 bridgehead atoms. The lowest BCUT2D eigenvalue weighted by Gasteiger charge is -2.13. The van der Waals surface area contributed by atoms with Crippen LogP contribution in [0.15, 0.2) is 5.16 Å². The molecule has 0 aliphatic rings. The van der Waals surface area contributed by atoms with Gasteiger partial charge in [-0.15, -0.1) is 0 Å². The molecular formula is C14H24N2O6. The highest BCUT2D eigenvalue weighted by Crippen LogP contribution is 1.95. The van der Waals surface area contributed by atoms with Gasteiger partial charge in [0, 0.05) is 26.2 Å². The fraction of sp³-hybridized carbons (Fsp3) is 0.714. The van der Waals surface area contributed by atoms with Gasteiger partial charge in [0.25, 0.3) is 5.91 Å². The van der Waals surface area contributed by atoms with Gasteiger partial charge in [-0.05, 0) is 13.8 Å². The van der Waals surface area contributed by atoms with E-state index in [1.54, 1.807) is 7.11 Å². The molecular weight excluding hydrogens is 292 g/mol. The molecule has 0 saturated heterocycles. The number of hydrogen-bond donors (Lipinski definition) is 1. The number of carbonyl (C=O) groups is 3. The normalized spacial score (nSPS) is 12.1. The lowest BCUT2D eigenvalue weighted by molar-refractivity contribution is -0.131. The van der Waals surface area contributed by atoms with Crippen LogP contribution in [0.25, 0.3) is 0 Å². The number of ketones is 2. The maximum Gasteiger partial charge on any atom is 0.261 e. The van der Waals surface area contributed by atoms with Gasteiger partial charge < -0.3 is 19.6 Å². The largest absolute Gasteiger partial charge is 0.386 e. The molecule has 22 heavy (non-hydrogen) atoms. The van der Waals surface area contributed by atoms with E-state index < -0.39 is 11.9 Å². The Morgan fingerprint density at radius 2 is 1.91 bits per heavy atom. The third kappa shape index (κ3) is 12.0. The van der Waals surface area contributed by atoms with Crippen LogP contribution in [-0.4, -0.2) is 63.3 Å². The third-order valence-electron chi connectivity index (χ3n) is 2.49. The molecule has 0 aliphatic heterocycles. The summed E-state index contributed by atoms with van der Waals surface area (Å²) in [6.07, 6.45) is 2.01. The van der Waals surface area contributed by atoms with Crippen LogP contribution in [0.4, 0.5) is 0 Å². The number of oxime groups is 1. The summed E-state index contributed by atoms with van der Waals surface area (Å²) in [6.45, 7) is 3.88. The Balaban J connectivity index is 3.79. The van der Waals surface area contributed by atoms with Gasteiger partial charge in [-0.3, -0.25) is 14.4 Å². The molecule has 0 radical (unpaired) electrons. The van der Waals surface area contributed by atoms with Crippen LogP contribution >= 0.6 is 0 Å². The van der Waals surface area contributed by atoms with Gasteiger partial charge in [0.05, 0.1) is 25.9 Å². The number of amides is 1. The lowest BCUT2D eigenvalue weighted by atomic mass is 10.1. The van der Waals surface area contributed by atoms with Gasteiger partial charge in [-0.25, -0.2) is 0 Å². The standard InChI is InChI=1S/C14H24N2O6/c1-11(17)9-13(12(2)18)16-14(19)10-22-15-5-4-6-21-8-7-20-3/h5,13H,4,6-10H2,1-3H3,(H,16,19)/b15-5+/t13-/m0/s1. The van der Waals surface area contributed by atoms with Gasteiger partial charge in [-0.1, -0.05) is 5.16 Å². The number of hydrogen-bond acceptors (Lipinski definition) is 7. The second-order valence-electron chi connectivity index (χ2n) is 4.59. The fourth-order valence-electron chi connectivity index (χ4n) is 1.40. The Morgan fingerprint density at radius 3 is 2.50 bits per heavy atom. The highest BCUT2D eigenvalue weighted by atomic mass is 16.6. The molecule has 1 N–H and O–H groups in total. The van der Waals surface area contributed by atoms with E-state index in [0.717, 1.165) is 0 Å². The second-order valence-corrected chi connectivity index (χ2v) is 4.59. The number of carbonyl (C=O) groups excluding carboxylic acids is 3. The SMILES string of the molecule is COCCOCC/C=N/OCC(=O)N[C@@H](CC(C)=O)C(C)=O. The average Bonchev–Trinajstić information content (AvgIpc) is 2.44. The van der Waals surface area contributed by atoms with Gasteiger partial charge in [0.1, 0.15) is 5.78 Å². The monoisotopic (exact) mass is 316 g/mol. The molecule has 0 aromatic rings. The topological polar surface area (TPSA) is 103 Å². The van der Waals surface area contributed by atoms with Crippen molar-refractivity contribution in [2.45, 2.75) is 32.7 Å². The fourth-order valence-corrected chi connectivity index (χ4v) is 1.40.